The molecule has 2 amide bonds. The molecule has 1 heterocycles. The van der Waals surface area contributed by atoms with Crippen LogP contribution < -0.4 is 5.32 Å². The number of amides is 2. The first-order valence-electron chi connectivity index (χ1n) is 4.44. The number of carbonyl (C=O) groups is 2. The quantitative estimate of drug-likeness (QED) is 0.637. The number of halogens is 3. The van der Waals surface area contributed by atoms with Gasteiger partial charge in [0.1, 0.15) is 10.6 Å². The molecule has 0 aromatic heterocycles. The maximum Gasteiger partial charge on any atom is 0.241 e. The molecule has 0 aliphatic carbocycles. The monoisotopic (exact) mass is 305 g/mol. The molecule has 1 aliphatic rings. The highest BCUT2D eigenvalue weighted by atomic mass is 79.9. The van der Waals surface area contributed by atoms with Crippen LogP contribution in [0.4, 0.5) is 4.39 Å². The van der Waals surface area contributed by atoms with Gasteiger partial charge in [0.05, 0.1) is 10.9 Å². The fourth-order valence-corrected chi connectivity index (χ4v) is 2.43. The van der Waals surface area contributed by atoms with Crippen LogP contribution in [0.25, 0.3) is 0 Å². The van der Waals surface area contributed by atoms with Gasteiger partial charge in [-0.2, -0.15) is 0 Å². The number of alkyl halides is 1. The SMILES string of the molecule is O=C1NC(=O)C(c2ccc(F)c(Cl)c2)C1Br. The van der Waals surface area contributed by atoms with Crippen LogP contribution in [0, 0.1) is 5.82 Å². The van der Waals surface area contributed by atoms with E-state index in [4.69, 9.17) is 11.6 Å². The van der Waals surface area contributed by atoms with Gasteiger partial charge in [-0.25, -0.2) is 4.39 Å². The Labute approximate surface area is 104 Å². The molecule has 84 valence electrons. The average Bonchev–Trinajstić information content (AvgIpc) is 2.47. The van der Waals surface area contributed by atoms with Crippen molar-refractivity contribution in [2.45, 2.75) is 10.7 Å². The molecule has 0 spiro atoms. The van der Waals surface area contributed by atoms with Crippen LogP contribution in [-0.4, -0.2) is 16.6 Å². The fourth-order valence-electron chi connectivity index (χ4n) is 1.58. The van der Waals surface area contributed by atoms with Crippen LogP contribution in [-0.2, 0) is 9.59 Å². The van der Waals surface area contributed by atoms with Gasteiger partial charge in [-0.05, 0) is 17.7 Å². The second kappa shape index (κ2) is 4.14. The molecule has 2 unspecified atom stereocenters. The molecule has 0 radical (unpaired) electrons. The van der Waals surface area contributed by atoms with Crippen molar-refractivity contribution >= 4 is 39.3 Å². The van der Waals surface area contributed by atoms with Crippen molar-refractivity contribution in [3.05, 3.63) is 34.6 Å². The number of carbonyl (C=O) groups excluding carboxylic acids is 2. The minimum Gasteiger partial charge on any atom is -0.295 e. The number of nitrogens with one attached hydrogen (secondary N) is 1. The van der Waals surface area contributed by atoms with E-state index in [9.17, 15) is 14.0 Å². The summed E-state index contributed by atoms with van der Waals surface area (Å²) in [5.74, 6) is -2.02. The Hall–Kier alpha value is -0.940. The highest BCUT2D eigenvalue weighted by Gasteiger charge is 2.41. The predicted octanol–water partition coefficient (Wildman–Crippen LogP) is 1.98. The van der Waals surface area contributed by atoms with E-state index < -0.39 is 28.4 Å². The van der Waals surface area contributed by atoms with Crippen molar-refractivity contribution in [1.82, 2.24) is 5.32 Å². The molecule has 2 rings (SSSR count). The first-order chi connectivity index (χ1) is 7.50. The van der Waals surface area contributed by atoms with E-state index in [1.807, 2.05) is 0 Å². The average molecular weight is 307 g/mol. The molecule has 1 saturated heterocycles. The summed E-state index contributed by atoms with van der Waals surface area (Å²) in [4.78, 5) is 22.1. The molecule has 0 bridgehead atoms. The highest BCUT2D eigenvalue weighted by Crippen LogP contribution is 2.31. The van der Waals surface area contributed by atoms with E-state index >= 15 is 0 Å². The summed E-state index contributed by atoms with van der Waals surface area (Å²) in [5, 5.41) is 2.12. The number of hydrogen-bond donors (Lipinski definition) is 1. The lowest BCUT2D eigenvalue weighted by Crippen LogP contribution is -2.22. The standard InChI is InChI=1S/C10H6BrClFNO2/c11-8-7(9(15)14-10(8)16)4-1-2-6(13)5(12)3-4/h1-3,7-8H,(H,14,15,16). The zero-order chi connectivity index (χ0) is 11.9. The van der Waals surface area contributed by atoms with E-state index in [2.05, 4.69) is 21.2 Å². The van der Waals surface area contributed by atoms with Gasteiger partial charge in [0.15, 0.2) is 0 Å². The van der Waals surface area contributed by atoms with Gasteiger partial charge < -0.3 is 0 Å². The summed E-state index contributed by atoms with van der Waals surface area (Å²) >= 11 is 8.74. The molecular weight excluding hydrogens is 300 g/mol. The molecular formula is C10H6BrClFNO2. The zero-order valence-corrected chi connectivity index (χ0v) is 10.2. The van der Waals surface area contributed by atoms with Crippen LogP contribution in [0.15, 0.2) is 18.2 Å². The molecule has 16 heavy (non-hydrogen) atoms. The van der Waals surface area contributed by atoms with Crippen LogP contribution in [0.3, 0.4) is 0 Å². The van der Waals surface area contributed by atoms with Gasteiger partial charge in [-0.3, -0.25) is 14.9 Å². The Morgan fingerprint density at radius 1 is 1.31 bits per heavy atom. The summed E-state index contributed by atoms with van der Waals surface area (Å²) in [6.07, 6.45) is 0. The number of hydrogen-bond acceptors (Lipinski definition) is 2. The highest BCUT2D eigenvalue weighted by molar-refractivity contribution is 9.10. The van der Waals surface area contributed by atoms with Gasteiger partial charge in [0.2, 0.25) is 11.8 Å². The number of rotatable bonds is 1. The Bertz CT molecular complexity index is 480. The van der Waals surface area contributed by atoms with Crippen molar-refractivity contribution < 1.29 is 14.0 Å². The summed E-state index contributed by atoms with van der Waals surface area (Å²) in [6, 6.07) is 3.97. The predicted molar refractivity (Wildman–Crippen MR) is 60.0 cm³/mol. The zero-order valence-electron chi connectivity index (χ0n) is 7.84. The lowest BCUT2D eigenvalue weighted by molar-refractivity contribution is -0.125. The summed E-state index contributed by atoms with van der Waals surface area (Å²) < 4.78 is 12.9. The molecule has 3 nitrogen and oxygen atoms in total. The van der Waals surface area contributed by atoms with Gasteiger partial charge in [0, 0.05) is 0 Å². The largest absolute Gasteiger partial charge is 0.295 e. The van der Waals surface area contributed by atoms with Gasteiger partial charge in [0.25, 0.3) is 0 Å². The van der Waals surface area contributed by atoms with Crippen LogP contribution >= 0.6 is 27.5 Å². The maximum atomic E-state index is 12.9. The smallest absolute Gasteiger partial charge is 0.241 e. The Balaban J connectivity index is 2.40. The van der Waals surface area contributed by atoms with Crippen LogP contribution in [0.2, 0.25) is 5.02 Å². The second-order valence-electron chi connectivity index (χ2n) is 3.41. The third kappa shape index (κ3) is 1.85. The molecule has 1 aromatic carbocycles. The fraction of sp³-hybridized carbons (Fsp3) is 0.200. The third-order valence-electron chi connectivity index (χ3n) is 2.37. The summed E-state index contributed by atoms with van der Waals surface area (Å²) in [5.41, 5.74) is 0.511. The van der Waals surface area contributed by atoms with Crippen molar-refractivity contribution in [3.8, 4) is 0 Å². The number of benzene rings is 1. The second-order valence-corrected chi connectivity index (χ2v) is 4.80. The van der Waals surface area contributed by atoms with Crippen molar-refractivity contribution in [3.63, 3.8) is 0 Å². The molecule has 1 aromatic rings. The first kappa shape index (κ1) is 11.5. The van der Waals surface area contributed by atoms with Crippen molar-refractivity contribution in [2.75, 3.05) is 0 Å². The number of imide groups is 1. The van der Waals surface area contributed by atoms with Crippen molar-refractivity contribution in [1.29, 1.82) is 0 Å². The van der Waals surface area contributed by atoms with E-state index in [1.165, 1.54) is 18.2 Å². The molecule has 2 atom stereocenters. The van der Waals surface area contributed by atoms with E-state index in [0.29, 0.717) is 5.56 Å². The van der Waals surface area contributed by atoms with E-state index in [-0.39, 0.29) is 5.02 Å². The van der Waals surface area contributed by atoms with Crippen LogP contribution in [0.1, 0.15) is 11.5 Å². The lowest BCUT2D eigenvalue weighted by Gasteiger charge is -2.10. The molecule has 0 saturated carbocycles. The Morgan fingerprint density at radius 2 is 2.00 bits per heavy atom. The Kier molecular flexibility index (Phi) is 2.99. The van der Waals surface area contributed by atoms with E-state index in [0.717, 1.165) is 0 Å². The van der Waals surface area contributed by atoms with Gasteiger partial charge in [-0.1, -0.05) is 33.6 Å². The van der Waals surface area contributed by atoms with Crippen molar-refractivity contribution in [2.24, 2.45) is 0 Å². The maximum absolute atomic E-state index is 12.9. The summed E-state index contributed by atoms with van der Waals surface area (Å²) in [6.45, 7) is 0. The normalized spacial score (nSPS) is 24.7. The Morgan fingerprint density at radius 3 is 2.50 bits per heavy atom. The first-order valence-corrected chi connectivity index (χ1v) is 5.74. The topological polar surface area (TPSA) is 46.2 Å². The molecule has 1 N–H and O–H groups in total. The van der Waals surface area contributed by atoms with Crippen LogP contribution in [0.5, 0.6) is 0 Å². The third-order valence-corrected chi connectivity index (χ3v) is 3.61. The molecule has 1 aliphatic heterocycles. The van der Waals surface area contributed by atoms with Gasteiger partial charge >= 0.3 is 0 Å². The molecule has 1 fully saturated rings. The molecule has 6 heteroatoms. The lowest BCUT2D eigenvalue weighted by atomic mass is 9.97. The van der Waals surface area contributed by atoms with Gasteiger partial charge in [-0.15, -0.1) is 0 Å². The summed E-state index contributed by atoms with van der Waals surface area (Å²) in [7, 11) is 0. The van der Waals surface area contributed by atoms with E-state index in [1.54, 1.807) is 0 Å². The minimum atomic E-state index is -0.661. The minimum absolute atomic E-state index is 0.0654.